The molecule has 1 aliphatic heterocycles. The number of alkyl halides is 2. The molecule has 1 aromatic rings. The first-order valence-electron chi connectivity index (χ1n) is 6.16. The predicted octanol–water partition coefficient (Wildman–Crippen LogP) is 3.30. The van der Waals surface area contributed by atoms with Crippen LogP contribution in [0.5, 0.6) is 0 Å². The van der Waals surface area contributed by atoms with Crippen molar-refractivity contribution in [2.24, 2.45) is 0 Å². The number of benzene rings is 1. The Labute approximate surface area is 111 Å². The smallest absolute Gasteiger partial charge is 0.329 e. The van der Waals surface area contributed by atoms with Crippen LogP contribution >= 0.6 is 0 Å². The Hall–Kier alpha value is -1.65. The minimum Gasteiger partial charge on any atom is -0.458 e. The van der Waals surface area contributed by atoms with Gasteiger partial charge >= 0.3 is 5.97 Å². The van der Waals surface area contributed by atoms with E-state index in [4.69, 9.17) is 4.74 Å². The van der Waals surface area contributed by atoms with Crippen LogP contribution in [0.1, 0.15) is 38.3 Å². The minimum atomic E-state index is -2.51. The maximum absolute atomic E-state index is 12.6. The van der Waals surface area contributed by atoms with Crippen LogP contribution in [-0.4, -0.2) is 17.6 Å². The van der Waals surface area contributed by atoms with E-state index < -0.39 is 18.1 Å². The summed E-state index contributed by atoms with van der Waals surface area (Å²) in [6.45, 7) is 5.38. The highest BCUT2D eigenvalue weighted by molar-refractivity contribution is 5.83. The normalized spacial score (nSPS) is 18.1. The molecule has 0 bridgehead atoms. The van der Waals surface area contributed by atoms with Gasteiger partial charge in [-0.3, -0.25) is 0 Å². The molecular weight excluding hydrogens is 252 g/mol. The summed E-state index contributed by atoms with van der Waals surface area (Å²) >= 11 is 0. The summed E-state index contributed by atoms with van der Waals surface area (Å²) in [7, 11) is 0. The number of halogens is 2. The van der Waals surface area contributed by atoms with Crippen LogP contribution in [0, 0.1) is 0 Å². The maximum Gasteiger partial charge on any atom is 0.329 e. The molecule has 0 saturated carbocycles. The van der Waals surface area contributed by atoms with Crippen molar-refractivity contribution < 1.29 is 18.3 Å². The minimum absolute atomic E-state index is 0.0453. The molecule has 1 unspecified atom stereocenters. The Morgan fingerprint density at radius 2 is 2.11 bits per heavy atom. The number of esters is 1. The van der Waals surface area contributed by atoms with Gasteiger partial charge in [0.2, 0.25) is 0 Å². The van der Waals surface area contributed by atoms with Crippen molar-refractivity contribution in [2.75, 3.05) is 5.32 Å². The lowest BCUT2D eigenvalue weighted by molar-refractivity contribution is -0.155. The summed E-state index contributed by atoms with van der Waals surface area (Å²) in [5.41, 5.74) is 0.854. The van der Waals surface area contributed by atoms with Crippen molar-refractivity contribution in [1.82, 2.24) is 0 Å². The third-order valence-electron chi connectivity index (χ3n) is 2.83. The van der Waals surface area contributed by atoms with Crippen LogP contribution in [0.3, 0.4) is 0 Å². The molecule has 0 radical (unpaired) electrons. The number of ether oxygens (including phenoxy) is 1. The molecule has 5 heteroatoms. The molecule has 0 amide bonds. The molecule has 0 saturated heterocycles. The molecule has 0 spiro atoms. The number of hydrogen-bond acceptors (Lipinski definition) is 3. The summed E-state index contributed by atoms with van der Waals surface area (Å²) < 4.78 is 30.5. The predicted molar refractivity (Wildman–Crippen MR) is 68.4 cm³/mol. The summed E-state index contributed by atoms with van der Waals surface area (Å²) in [6.07, 6.45) is -2.04. The number of nitrogens with one attached hydrogen (secondary N) is 1. The van der Waals surface area contributed by atoms with Crippen molar-refractivity contribution in [3.8, 4) is 0 Å². The first kappa shape index (κ1) is 13.8. The third kappa shape index (κ3) is 3.22. The molecule has 1 atom stereocenters. The molecule has 1 aliphatic rings. The first-order chi connectivity index (χ1) is 8.76. The van der Waals surface area contributed by atoms with Gasteiger partial charge in [-0.15, -0.1) is 0 Å². The van der Waals surface area contributed by atoms with Crippen molar-refractivity contribution >= 4 is 11.7 Å². The molecule has 1 heterocycles. The van der Waals surface area contributed by atoms with E-state index in [0.29, 0.717) is 12.1 Å². The molecule has 19 heavy (non-hydrogen) atoms. The van der Waals surface area contributed by atoms with Gasteiger partial charge in [0.25, 0.3) is 6.43 Å². The van der Waals surface area contributed by atoms with E-state index in [1.165, 1.54) is 12.1 Å². The van der Waals surface area contributed by atoms with Crippen molar-refractivity contribution in [1.29, 1.82) is 0 Å². The van der Waals surface area contributed by atoms with Crippen molar-refractivity contribution in [3.63, 3.8) is 0 Å². The highest BCUT2D eigenvalue weighted by Gasteiger charge is 2.31. The molecule has 0 fully saturated rings. The fourth-order valence-electron chi connectivity index (χ4n) is 2.02. The number of rotatable bonds is 2. The zero-order valence-electron chi connectivity index (χ0n) is 11.2. The summed E-state index contributed by atoms with van der Waals surface area (Å²) in [5, 5.41) is 2.94. The molecule has 0 aliphatic carbocycles. The van der Waals surface area contributed by atoms with E-state index in [1.807, 2.05) is 0 Å². The van der Waals surface area contributed by atoms with Gasteiger partial charge in [-0.2, -0.15) is 0 Å². The van der Waals surface area contributed by atoms with E-state index in [-0.39, 0.29) is 11.5 Å². The van der Waals surface area contributed by atoms with Crippen LogP contribution < -0.4 is 5.32 Å². The monoisotopic (exact) mass is 269 g/mol. The second kappa shape index (κ2) is 4.79. The van der Waals surface area contributed by atoms with Crippen LogP contribution in [0.4, 0.5) is 14.5 Å². The van der Waals surface area contributed by atoms with E-state index in [2.05, 4.69) is 5.32 Å². The number of hydrogen-bond donors (Lipinski definition) is 1. The largest absolute Gasteiger partial charge is 0.458 e. The Kier molecular flexibility index (Phi) is 3.47. The lowest BCUT2D eigenvalue weighted by Gasteiger charge is -2.22. The van der Waals surface area contributed by atoms with Gasteiger partial charge in [0.05, 0.1) is 0 Å². The lowest BCUT2D eigenvalue weighted by atomic mass is 10.1. The summed E-state index contributed by atoms with van der Waals surface area (Å²) in [6, 6.07) is 3.92. The van der Waals surface area contributed by atoms with Crippen LogP contribution in [0.2, 0.25) is 0 Å². The lowest BCUT2D eigenvalue weighted by Crippen LogP contribution is -2.35. The number of carbonyl (C=O) groups is 1. The summed E-state index contributed by atoms with van der Waals surface area (Å²) in [4.78, 5) is 11.9. The number of fused-ring (bicyclic) bond motifs is 1. The van der Waals surface area contributed by atoms with Gasteiger partial charge in [0, 0.05) is 17.7 Å². The average molecular weight is 269 g/mol. The first-order valence-corrected chi connectivity index (χ1v) is 6.16. The Bertz CT molecular complexity index is 495. The molecule has 2 rings (SSSR count). The molecule has 104 valence electrons. The Morgan fingerprint density at radius 3 is 2.68 bits per heavy atom. The molecule has 3 nitrogen and oxygen atoms in total. The van der Waals surface area contributed by atoms with E-state index in [1.54, 1.807) is 26.8 Å². The average Bonchev–Trinajstić information content (AvgIpc) is 2.68. The molecule has 0 aromatic heterocycles. The summed E-state index contributed by atoms with van der Waals surface area (Å²) in [5.74, 6) is -0.359. The molecule has 1 aromatic carbocycles. The Balaban J connectivity index is 2.10. The topological polar surface area (TPSA) is 38.3 Å². The second-order valence-corrected chi connectivity index (χ2v) is 5.65. The van der Waals surface area contributed by atoms with Gasteiger partial charge in [-0.1, -0.05) is 12.1 Å². The fraction of sp³-hybridized carbons (Fsp3) is 0.500. The fourth-order valence-corrected chi connectivity index (χ4v) is 2.02. The van der Waals surface area contributed by atoms with Crippen LogP contribution in [0.25, 0.3) is 0 Å². The van der Waals surface area contributed by atoms with Gasteiger partial charge in [0.1, 0.15) is 11.6 Å². The molecular formula is C14H17F2NO2. The van der Waals surface area contributed by atoms with Gasteiger partial charge in [-0.25, -0.2) is 13.6 Å². The van der Waals surface area contributed by atoms with Gasteiger partial charge in [-0.05, 0) is 32.4 Å². The highest BCUT2D eigenvalue weighted by Crippen LogP contribution is 2.31. The zero-order valence-corrected chi connectivity index (χ0v) is 11.2. The SMILES string of the molecule is CC(C)(C)OC(=O)C1Cc2ccc(C(F)F)cc2N1. The molecule has 1 N–H and O–H groups in total. The van der Waals surface area contributed by atoms with Gasteiger partial charge in [0.15, 0.2) is 0 Å². The third-order valence-corrected chi connectivity index (χ3v) is 2.83. The van der Waals surface area contributed by atoms with E-state index in [9.17, 15) is 13.6 Å². The highest BCUT2D eigenvalue weighted by atomic mass is 19.3. The quantitative estimate of drug-likeness (QED) is 0.837. The van der Waals surface area contributed by atoms with Crippen molar-refractivity contribution in [2.45, 2.75) is 45.3 Å². The van der Waals surface area contributed by atoms with Crippen LogP contribution in [-0.2, 0) is 16.0 Å². The zero-order chi connectivity index (χ0) is 14.2. The maximum atomic E-state index is 12.6. The standard InChI is InChI=1S/C14H17F2NO2/c1-14(2,3)19-13(18)11-6-8-4-5-9(12(15)16)7-10(8)17-11/h4-5,7,11-12,17H,6H2,1-3H3. The van der Waals surface area contributed by atoms with E-state index in [0.717, 1.165) is 5.56 Å². The van der Waals surface area contributed by atoms with Gasteiger partial charge < -0.3 is 10.1 Å². The van der Waals surface area contributed by atoms with Crippen molar-refractivity contribution in [3.05, 3.63) is 29.3 Å². The Morgan fingerprint density at radius 1 is 1.42 bits per heavy atom. The van der Waals surface area contributed by atoms with Crippen LogP contribution in [0.15, 0.2) is 18.2 Å². The second-order valence-electron chi connectivity index (χ2n) is 5.65. The van der Waals surface area contributed by atoms with E-state index >= 15 is 0 Å². The number of anilines is 1. The number of carbonyl (C=O) groups excluding carboxylic acids is 1.